The van der Waals surface area contributed by atoms with Crippen LogP contribution >= 0.6 is 0 Å². The molecule has 0 amide bonds. The van der Waals surface area contributed by atoms with Gasteiger partial charge in [-0.2, -0.15) is 0 Å². The van der Waals surface area contributed by atoms with Crippen LogP contribution < -0.4 is 5.76 Å². The Labute approximate surface area is 197 Å². The van der Waals surface area contributed by atoms with E-state index in [1.807, 2.05) is 6.92 Å². The number of hydrogen-bond acceptors (Lipinski definition) is 9. The number of aryl methyl sites for hydroxylation is 3. The number of rotatable bonds is 9. The van der Waals surface area contributed by atoms with E-state index in [1.165, 1.54) is 22.8 Å². The number of nitrogens with zero attached hydrogens (tertiary/aromatic N) is 4. The van der Waals surface area contributed by atoms with Gasteiger partial charge in [0.2, 0.25) is 5.78 Å². The zero-order valence-corrected chi connectivity index (χ0v) is 19.3. The minimum absolute atomic E-state index is 0.0311. The van der Waals surface area contributed by atoms with Gasteiger partial charge in [0.25, 0.3) is 5.69 Å². The Morgan fingerprint density at radius 2 is 1.94 bits per heavy atom. The quantitative estimate of drug-likeness (QED) is 0.151. The summed E-state index contributed by atoms with van der Waals surface area (Å²) in [4.78, 5) is 47.2. The first-order valence-electron chi connectivity index (χ1n) is 10.7. The van der Waals surface area contributed by atoms with E-state index >= 15 is 0 Å². The van der Waals surface area contributed by atoms with Gasteiger partial charge in [0, 0.05) is 42.0 Å². The van der Waals surface area contributed by atoms with Crippen molar-refractivity contribution in [1.82, 2.24) is 14.3 Å². The first-order chi connectivity index (χ1) is 16.7. The summed E-state index contributed by atoms with van der Waals surface area (Å²) in [6.45, 7) is 5.10. The van der Waals surface area contributed by atoms with E-state index in [0.717, 1.165) is 5.69 Å². The fourth-order valence-corrected chi connectivity index (χ4v) is 3.91. The maximum Gasteiger partial charge on any atom is 0.419 e. The molecule has 0 aliphatic heterocycles. The molecule has 0 unspecified atom stereocenters. The normalized spacial score (nSPS) is 11.2. The third-order valence-electron chi connectivity index (χ3n) is 5.57. The number of ether oxygens (including phenoxy) is 1. The van der Waals surface area contributed by atoms with Crippen LogP contribution in [0, 0.1) is 30.9 Å². The molecule has 3 heterocycles. The molecule has 4 aromatic rings. The molecule has 0 spiro atoms. The highest BCUT2D eigenvalue weighted by Crippen LogP contribution is 2.22. The van der Waals surface area contributed by atoms with E-state index < -0.39 is 23.3 Å². The van der Waals surface area contributed by atoms with Crippen molar-refractivity contribution in [3.8, 4) is 5.82 Å². The Bertz CT molecular complexity index is 1500. The van der Waals surface area contributed by atoms with Crippen molar-refractivity contribution in [2.24, 2.45) is 0 Å². The Morgan fingerprint density at radius 3 is 2.63 bits per heavy atom. The molecule has 0 atom stereocenters. The third kappa shape index (κ3) is 4.76. The van der Waals surface area contributed by atoms with Gasteiger partial charge in [-0.3, -0.25) is 28.8 Å². The number of ketones is 1. The Kier molecular flexibility index (Phi) is 6.36. The number of non-ortho nitro benzene ring substituents is 1. The number of nitro groups is 1. The highest BCUT2D eigenvalue weighted by Gasteiger charge is 2.20. The molecule has 0 saturated heterocycles. The summed E-state index contributed by atoms with van der Waals surface area (Å²) in [5, 5.41) is 14.9. The van der Waals surface area contributed by atoms with Crippen molar-refractivity contribution in [1.29, 1.82) is 0 Å². The smallest absolute Gasteiger partial charge is 0.419 e. The summed E-state index contributed by atoms with van der Waals surface area (Å²) in [5.74, 6) is -0.416. The molecule has 0 bridgehead atoms. The summed E-state index contributed by atoms with van der Waals surface area (Å²) in [7, 11) is 0. The number of hydrogen-bond donors (Lipinski definition) is 0. The molecule has 12 heteroatoms. The van der Waals surface area contributed by atoms with Crippen LogP contribution in [0.1, 0.15) is 40.3 Å². The van der Waals surface area contributed by atoms with E-state index in [0.29, 0.717) is 28.4 Å². The summed E-state index contributed by atoms with van der Waals surface area (Å²) >= 11 is 0. The number of carbonyl (C=O) groups excluding carboxylic acids is 2. The number of oxazole rings is 1. The molecule has 1 aromatic carbocycles. The van der Waals surface area contributed by atoms with Crippen LogP contribution in [0.5, 0.6) is 0 Å². The van der Waals surface area contributed by atoms with Gasteiger partial charge in [0.05, 0.1) is 16.5 Å². The predicted octanol–water partition coefficient (Wildman–Crippen LogP) is 3.41. The van der Waals surface area contributed by atoms with E-state index in [4.69, 9.17) is 13.7 Å². The molecule has 0 radical (unpaired) electrons. The molecule has 0 fully saturated rings. The standard InChI is InChI=1S/C23H22N4O8/c1-13-9-17(15(3)26(13)21-10-14(2)35-24-21)19(28)12-33-22(29)5-4-8-25-18-7-6-16(27(31)32)11-20(18)34-23(25)30/h6-7,9-11H,4-5,8,12H2,1-3H3. The Hall–Kier alpha value is -4.48. The molecule has 0 saturated carbocycles. The molecule has 35 heavy (non-hydrogen) atoms. The molecule has 0 aliphatic carbocycles. The average Bonchev–Trinajstić information content (AvgIpc) is 3.46. The molecular formula is C23H22N4O8. The van der Waals surface area contributed by atoms with Crippen LogP contribution in [-0.4, -0.2) is 37.6 Å². The fraction of sp³-hybridized carbons (Fsp3) is 0.304. The Balaban J connectivity index is 1.33. The maximum absolute atomic E-state index is 12.7. The van der Waals surface area contributed by atoms with Gasteiger partial charge in [-0.1, -0.05) is 5.16 Å². The van der Waals surface area contributed by atoms with Gasteiger partial charge in [-0.05, 0) is 39.3 Å². The zero-order valence-electron chi connectivity index (χ0n) is 19.3. The topological polar surface area (TPSA) is 153 Å². The summed E-state index contributed by atoms with van der Waals surface area (Å²) < 4.78 is 18.4. The van der Waals surface area contributed by atoms with Crippen molar-refractivity contribution in [3.63, 3.8) is 0 Å². The molecule has 3 aromatic heterocycles. The van der Waals surface area contributed by atoms with Gasteiger partial charge < -0.3 is 13.7 Å². The lowest BCUT2D eigenvalue weighted by atomic mass is 10.1. The minimum Gasteiger partial charge on any atom is -0.457 e. The summed E-state index contributed by atoms with van der Waals surface area (Å²) in [5.41, 5.74) is 2.15. The second-order valence-electron chi connectivity index (χ2n) is 8.03. The molecule has 182 valence electrons. The number of esters is 1. The lowest BCUT2D eigenvalue weighted by molar-refractivity contribution is -0.384. The fourth-order valence-electron chi connectivity index (χ4n) is 3.91. The predicted molar refractivity (Wildman–Crippen MR) is 122 cm³/mol. The van der Waals surface area contributed by atoms with Crippen molar-refractivity contribution < 1.29 is 28.2 Å². The first-order valence-corrected chi connectivity index (χ1v) is 10.7. The lowest BCUT2D eigenvalue weighted by Gasteiger charge is -2.06. The van der Waals surface area contributed by atoms with Gasteiger partial charge in [0.15, 0.2) is 18.0 Å². The summed E-state index contributed by atoms with van der Waals surface area (Å²) in [6, 6.07) is 7.33. The van der Waals surface area contributed by atoms with E-state index in [2.05, 4.69) is 5.16 Å². The van der Waals surface area contributed by atoms with Crippen molar-refractivity contribution in [2.45, 2.75) is 40.2 Å². The zero-order chi connectivity index (χ0) is 25.3. The Morgan fingerprint density at radius 1 is 1.17 bits per heavy atom. The van der Waals surface area contributed by atoms with Crippen LogP contribution in [0.3, 0.4) is 0 Å². The van der Waals surface area contributed by atoms with Crippen LogP contribution in [0.15, 0.2) is 44.1 Å². The van der Waals surface area contributed by atoms with E-state index in [-0.39, 0.29) is 36.4 Å². The minimum atomic E-state index is -0.679. The van der Waals surface area contributed by atoms with Crippen molar-refractivity contribution in [3.05, 3.63) is 73.7 Å². The average molecular weight is 482 g/mol. The molecular weight excluding hydrogens is 460 g/mol. The number of Topliss-reactive ketones (excluding diaryl/α,β-unsaturated/α-hetero) is 1. The lowest BCUT2D eigenvalue weighted by Crippen LogP contribution is -2.17. The number of benzene rings is 1. The van der Waals surface area contributed by atoms with Crippen LogP contribution in [-0.2, 0) is 16.1 Å². The van der Waals surface area contributed by atoms with Crippen molar-refractivity contribution >= 4 is 28.5 Å². The largest absolute Gasteiger partial charge is 0.457 e. The third-order valence-corrected chi connectivity index (χ3v) is 5.57. The SMILES string of the molecule is Cc1cc(-n2c(C)cc(C(=O)COC(=O)CCCn3c(=O)oc4cc([N+](=O)[O-])ccc43)c2C)no1. The monoisotopic (exact) mass is 482 g/mol. The number of aromatic nitrogens is 3. The highest BCUT2D eigenvalue weighted by molar-refractivity contribution is 5.99. The van der Waals surface area contributed by atoms with E-state index in [9.17, 15) is 24.5 Å². The van der Waals surface area contributed by atoms with Gasteiger partial charge in [0.1, 0.15) is 5.76 Å². The van der Waals surface area contributed by atoms with Crippen molar-refractivity contribution in [2.75, 3.05) is 6.61 Å². The highest BCUT2D eigenvalue weighted by atomic mass is 16.6. The summed E-state index contributed by atoms with van der Waals surface area (Å²) in [6.07, 6.45) is 0.217. The molecule has 0 aliphatic rings. The van der Waals surface area contributed by atoms with E-state index in [1.54, 1.807) is 30.5 Å². The van der Waals surface area contributed by atoms with Gasteiger partial charge in [-0.25, -0.2) is 4.79 Å². The van der Waals surface area contributed by atoms with Crippen LogP contribution in [0.2, 0.25) is 0 Å². The molecule has 12 nitrogen and oxygen atoms in total. The number of fused-ring (bicyclic) bond motifs is 1. The molecule has 0 N–H and O–H groups in total. The maximum atomic E-state index is 12.7. The van der Waals surface area contributed by atoms with Crippen LogP contribution in [0.4, 0.5) is 5.69 Å². The van der Waals surface area contributed by atoms with Gasteiger partial charge >= 0.3 is 11.7 Å². The second kappa shape index (κ2) is 9.41. The van der Waals surface area contributed by atoms with Gasteiger partial charge in [-0.15, -0.1) is 0 Å². The first kappa shape index (κ1) is 23.7. The number of nitro benzene ring substituents is 1. The number of carbonyl (C=O) groups is 2. The second-order valence-corrected chi connectivity index (χ2v) is 8.03. The molecule has 4 rings (SSSR count). The van der Waals surface area contributed by atoms with Crippen LogP contribution in [0.25, 0.3) is 16.9 Å².